The number of rotatable bonds is 18. The molecule has 3 rings (SSSR count). The van der Waals surface area contributed by atoms with Gasteiger partial charge in [-0.3, -0.25) is 0 Å². The minimum absolute atomic E-state index is 0.0162. The Morgan fingerprint density at radius 1 is 0.810 bits per heavy atom. The summed E-state index contributed by atoms with van der Waals surface area (Å²) in [6.45, 7) is 10.0. The summed E-state index contributed by atoms with van der Waals surface area (Å²) in [6.07, 6.45) is 6.40. The van der Waals surface area contributed by atoms with E-state index in [0.29, 0.717) is 17.7 Å². The van der Waals surface area contributed by atoms with Crippen LogP contribution in [0.1, 0.15) is 74.3 Å². The van der Waals surface area contributed by atoms with Gasteiger partial charge in [0, 0.05) is 11.0 Å². The van der Waals surface area contributed by atoms with Gasteiger partial charge in [0.2, 0.25) is 0 Å². The molecule has 0 aliphatic carbocycles. The van der Waals surface area contributed by atoms with Crippen molar-refractivity contribution in [3.8, 4) is 11.1 Å². The van der Waals surface area contributed by atoms with Crippen LogP contribution in [-0.4, -0.2) is 41.4 Å². The van der Waals surface area contributed by atoms with Crippen LogP contribution in [-0.2, 0) is 36.8 Å². The van der Waals surface area contributed by atoms with Crippen molar-refractivity contribution < 1.29 is 24.4 Å². The summed E-state index contributed by atoms with van der Waals surface area (Å²) in [5.41, 5.74) is 7.37. The standard InChI is InChI=1S/C37H49FO4/c1-5-20-37(25-39,26-40)21-19-31-15-17-33(32(6-2)23-31)34-18-16-30(24-35(34)38)14-13-29-11-9-28(10-12-29)8-7-22-42-36(41)27(3)4/h9-12,15-18,23-24,36,39-41H,3,5-8,13-14,19-22,25-26H2,1-2,4H3. The van der Waals surface area contributed by atoms with Gasteiger partial charge in [-0.05, 0) is 103 Å². The van der Waals surface area contributed by atoms with E-state index in [0.717, 1.165) is 80.0 Å². The van der Waals surface area contributed by atoms with Crippen molar-refractivity contribution in [1.82, 2.24) is 0 Å². The van der Waals surface area contributed by atoms with E-state index in [-0.39, 0.29) is 19.0 Å². The van der Waals surface area contributed by atoms with Gasteiger partial charge in [-0.15, -0.1) is 0 Å². The zero-order valence-corrected chi connectivity index (χ0v) is 25.7. The second-order valence-corrected chi connectivity index (χ2v) is 11.7. The lowest BCUT2D eigenvalue weighted by Gasteiger charge is -2.29. The lowest BCUT2D eigenvalue weighted by molar-refractivity contribution is -0.0723. The number of benzene rings is 3. The molecule has 0 saturated carbocycles. The van der Waals surface area contributed by atoms with Crippen molar-refractivity contribution in [2.75, 3.05) is 19.8 Å². The first-order valence-corrected chi connectivity index (χ1v) is 15.4. The van der Waals surface area contributed by atoms with Crippen LogP contribution >= 0.6 is 0 Å². The lowest BCUT2D eigenvalue weighted by Crippen LogP contribution is -2.30. The Bertz CT molecular complexity index is 1260. The van der Waals surface area contributed by atoms with Crippen molar-refractivity contribution in [1.29, 1.82) is 0 Å². The van der Waals surface area contributed by atoms with Gasteiger partial charge in [0.1, 0.15) is 5.82 Å². The number of halogens is 1. The number of ether oxygens (including phenoxy) is 1. The van der Waals surface area contributed by atoms with Gasteiger partial charge in [0.25, 0.3) is 0 Å². The molecule has 1 unspecified atom stereocenters. The highest BCUT2D eigenvalue weighted by Gasteiger charge is 2.27. The Kier molecular flexibility index (Phi) is 13.4. The first-order valence-electron chi connectivity index (χ1n) is 15.4. The highest BCUT2D eigenvalue weighted by Crippen LogP contribution is 2.32. The Labute approximate surface area is 251 Å². The highest BCUT2D eigenvalue weighted by molar-refractivity contribution is 5.69. The Morgan fingerprint density at radius 2 is 1.38 bits per heavy atom. The molecule has 0 aliphatic rings. The Hall–Kier alpha value is -2.83. The average Bonchev–Trinajstić information content (AvgIpc) is 3.01. The molecule has 1 atom stereocenters. The fourth-order valence-electron chi connectivity index (χ4n) is 5.50. The molecular formula is C37H49FO4. The Balaban J connectivity index is 1.58. The quantitative estimate of drug-likeness (QED) is 0.0839. The molecular weight excluding hydrogens is 527 g/mol. The molecule has 0 aliphatic heterocycles. The molecule has 42 heavy (non-hydrogen) atoms. The summed E-state index contributed by atoms with van der Waals surface area (Å²) < 4.78 is 20.7. The lowest BCUT2D eigenvalue weighted by atomic mass is 9.79. The predicted octanol–water partition coefficient (Wildman–Crippen LogP) is 7.39. The van der Waals surface area contributed by atoms with Crippen LogP contribution in [0.25, 0.3) is 11.1 Å². The predicted molar refractivity (Wildman–Crippen MR) is 170 cm³/mol. The maximum Gasteiger partial charge on any atom is 0.176 e. The molecule has 0 amide bonds. The molecule has 5 heteroatoms. The molecule has 0 radical (unpaired) electrons. The SMILES string of the molecule is C=C(C)C(O)OCCCc1ccc(CCc2ccc(-c3ccc(CCC(CO)(CO)CCC)cc3CC)c(F)c2)cc1. The number of hydrogen-bond acceptors (Lipinski definition) is 4. The maximum atomic E-state index is 15.4. The van der Waals surface area contributed by atoms with Gasteiger partial charge in [-0.1, -0.05) is 81.4 Å². The first kappa shape index (κ1) is 33.7. The number of aliphatic hydroxyl groups excluding tert-OH is 3. The van der Waals surface area contributed by atoms with Crippen LogP contribution in [0.15, 0.2) is 72.8 Å². The largest absolute Gasteiger partial charge is 0.396 e. The van der Waals surface area contributed by atoms with Crippen LogP contribution in [0, 0.1) is 11.2 Å². The van der Waals surface area contributed by atoms with Crippen LogP contribution in [0.4, 0.5) is 4.39 Å². The van der Waals surface area contributed by atoms with Gasteiger partial charge >= 0.3 is 0 Å². The second kappa shape index (κ2) is 16.7. The van der Waals surface area contributed by atoms with E-state index < -0.39 is 11.7 Å². The summed E-state index contributed by atoms with van der Waals surface area (Å²) in [5, 5.41) is 29.4. The number of hydrogen-bond donors (Lipinski definition) is 3. The minimum atomic E-state index is -0.895. The molecule has 0 saturated heterocycles. The summed E-state index contributed by atoms with van der Waals surface area (Å²) in [7, 11) is 0. The molecule has 0 bridgehead atoms. The van der Waals surface area contributed by atoms with Crippen molar-refractivity contribution in [3.05, 3.63) is 106 Å². The van der Waals surface area contributed by atoms with E-state index in [1.807, 2.05) is 18.2 Å². The summed E-state index contributed by atoms with van der Waals surface area (Å²) in [5.74, 6) is -0.202. The highest BCUT2D eigenvalue weighted by atomic mass is 19.1. The van der Waals surface area contributed by atoms with Gasteiger partial charge in [0.05, 0.1) is 19.8 Å². The van der Waals surface area contributed by atoms with E-state index >= 15 is 4.39 Å². The van der Waals surface area contributed by atoms with Crippen molar-refractivity contribution in [3.63, 3.8) is 0 Å². The van der Waals surface area contributed by atoms with Crippen LogP contribution in [0.5, 0.6) is 0 Å². The van der Waals surface area contributed by atoms with Gasteiger partial charge < -0.3 is 20.1 Å². The van der Waals surface area contributed by atoms with Crippen molar-refractivity contribution >= 4 is 0 Å². The maximum absolute atomic E-state index is 15.4. The summed E-state index contributed by atoms with van der Waals surface area (Å²) >= 11 is 0. The fourth-order valence-corrected chi connectivity index (χ4v) is 5.50. The van der Waals surface area contributed by atoms with Gasteiger partial charge in [-0.2, -0.15) is 0 Å². The molecule has 228 valence electrons. The molecule has 0 heterocycles. The van der Waals surface area contributed by atoms with E-state index in [2.05, 4.69) is 56.8 Å². The summed E-state index contributed by atoms with van der Waals surface area (Å²) in [4.78, 5) is 0. The van der Waals surface area contributed by atoms with Crippen molar-refractivity contribution in [2.24, 2.45) is 5.41 Å². The van der Waals surface area contributed by atoms with E-state index in [9.17, 15) is 15.3 Å². The zero-order valence-electron chi connectivity index (χ0n) is 25.7. The van der Waals surface area contributed by atoms with Crippen LogP contribution in [0.3, 0.4) is 0 Å². The van der Waals surface area contributed by atoms with E-state index in [1.54, 1.807) is 13.0 Å². The summed E-state index contributed by atoms with van der Waals surface area (Å²) in [6, 6.07) is 20.3. The second-order valence-electron chi connectivity index (χ2n) is 11.7. The molecule has 0 fully saturated rings. The zero-order chi connectivity index (χ0) is 30.5. The molecule has 4 nitrogen and oxygen atoms in total. The average molecular weight is 577 g/mol. The molecule has 3 aromatic rings. The van der Waals surface area contributed by atoms with Gasteiger partial charge in [-0.25, -0.2) is 4.39 Å². The topological polar surface area (TPSA) is 69.9 Å². The Morgan fingerprint density at radius 3 is 1.95 bits per heavy atom. The van der Waals surface area contributed by atoms with E-state index in [1.165, 1.54) is 11.1 Å². The normalized spacial score (nSPS) is 12.5. The monoisotopic (exact) mass is 576 g/mol. The van der Waals surface area contributed by atoms with Crippen molar-refractivity contribution in [2.45, 2.75) is 84.8 Å². The number of aryl methyl sites for hydroxylation is 5. The number of aliphatic hydroxyl groups is 3. The minimum Gasteiger partial charge on any atom is -0.396 e. The third-order valence-electron chi connectivity index (χ3n) is 8.30. The van der Waals surface area contributed by atoms with E-state index in [4.69, 9.17) is 4.74 Å². The molecule has 0 aromatic heterocycles. The first-order chi connectivity index (χ1) is 20.2. The third-order valence-corrected chi connectivity index (χ3v) is 8.30. The fraction of sp³-hybridized carbons (Fsp3) is 0.459. The van der Waals surface area contributed by atoms with Gasteiger partial charge in [0.15, 0.2) is 6.29 Å². The van der Waals surface area contributed by atoms with Crippen LogP contribution < -0.4 is 0 Å². The smallest absolute Gasteiger partial charge is 0.176 e. The third kappa shape index (κ3) is 9.60. The molecule has 0 spiro atoms. The van der Waals surface area contributed by atoms with Crippen LogP contribution in [0.2, 0.25) is 0 Å². The molecule has 3 N–H and O–H groups in total. The molecule has 3 aromatic carbocycles.